The summed E-state index contributed by atoms with van der Waals surface area (Å²) in [7, 11) is 1.66. The number of aliphatic hydroxyl groups is 1. The minimum Gasteiger partial charge on any atom is -0.497 e. The van der Waals surface area contributed by atoms with Crippen molar-refractivity contribution in [2.45, 2.75) is 51.7 Å². The largest absolute Gasteiger partial charge is 0.497 e. The van der Waals surface area contributed by atoms with Gasteiger partial charge in [0.15, 0.2) is 0 Å². The number of methoxy groups -OCH3 is 1. The predicted octanol–water partition coefficient (Wildman–Crippen LogP) is 2.58. The first-order valence-corrected chi connectivity index (χ1v) is 7.79. The third-order valence-electron chi connectivity index (χ3n) is 4.09. The van der Waals surface area contributed by atoms with E-state index < -0.39 is 6.10 Å². The second-order valence-electron chi connectivity index (χ2n) is 5.94. The molecule has 21 heavy (non-hydrogen) atoms. The van der Waals surface area contributed by atoms with Crippen molar-refractivity contribution < 1.29 is 14.6 Å². The Labute approximate surface area is 127 Å². The molecule has 2 rings (SSSR count). The molecule has 0 radical (unpaired) electrons. The Morgan fingerprint density at radius 3 is 2.43 bits per heavy atom. The molecule has 1 atom stereocenters. The molecule has 0 amide bonds. The fraction of sp³-hybridized carbons (Fsp3) is 0.647. The Bertz CT molecular complexity index is 432. The standard InChI is InChI=1S/C17H27NO3/c1-12-8-16(20-3)9-13(2)17(12)21-11-15(19)10-18-14-6-4-5-7-14/h8-9,14-15,18-19H,4-7,10-11H2,1-3H3. The van der Waals surface area contributed by atoms with Crippen LogP contribution in [0.2, 0.25) is 0 Å². The van der Waals surface area contributed by atoms with Crippen molar-refractivity contribution >= 4 is 0 Å². The first-order chi connectivity index (χ1) is 10.1. The maximum absolute atomic E-state index is 10.0. The molecule has 1 aromatic rings. The highest BCUT2D eigenvalue weighted by Gasteiger charge is 2.16. The van der Waals surface area contributed by atoms with Crippen LogP contribution in [-0.2, 0) is 0 Å². The minimum absolute atomic E-state index is 0.313. The first kappa shape index (κ1) is 16.1. The molecule has 0 heterocycles. The number of hydrogen-bond acceptors (Lipinski definition) is 4. The van der Waals surface area contributed by atoms with Crippen LogP contribution >= 0.6 is 0 Å². The monoisotopic (exact) mass is 293 g/mol. The summed E-state index contributed by atoms with van der Waals surface area (Å²) in [5.41, 5.74) is 2.06. The maximum atomic E-state index is 10.0. The van der Waals surface area contributed by atoms with Gasteiger partial charge in [0.1, 0.15) is 24.2 Å². The summed E-state index contributed by atoms with van der Waals surface area (Å²) in [6.07, 6.45) is 4.57. The lowest BCUT2D eigenvalue weighted by Crippen LogP contribution is -2.36. The topological polar surface area (TPSA) is 50.7 Å². The lowest BCUT2D eigenvalue weighted by Gasteiger charge is -2.18. The highest BCUT2D eigenvalue weighted by Crippen LogP contribution is 2.28. The van der Waals surface area contributed by atoms with Crippen molar-refractivity contribution in [3.8, 4) is 11.5 Å². The molecule has 4 heteroatoms. The lowest BCUT2D eigenvalue weighted by atomic mass is 10.1. The molecule has 1 aliphatic carbocycles. The van der Waals surface area contributed by atoms with E-state index in [1.165, 1.54) is 25.7 Å². The normalized spacial score (nSPS) is 17.0. The maximum Gasteiger partial charge on any atom is 0.125 e. The van der Waals surface area contributed by atoms with E-state index in [9.17, 15) is 5.11 Å². The van der Waals surface area contributed by atoms with Crippen molar-refractivity contribution in [1.29, 1.82) is 0 Å². The Morgan fingerprint density at radius 1 is 1.24 bits per heavy atom. The van der Waals surface area contributed by atoms with Crippen LogP contribution in [0.15, 0.2) is 12.1 Å². The zero-order chi connectivity index (χ0) is 15.2. The number of benzene rings is 1. The fourth-order valence-corrected chi connectivity index (χ4v) is 2.93. The van der Waals surface area contributed by atoms with E-state index in [4.69, 9.17) is 9.47 Å². The molecule has 1 fully saturated rings. The van der Waals surface area contributed by atoms with Crippen LogP contribution < -0.4 is 14.8 Å². The number of ether oxygens (including phenoxy) is 2. The molecule has 1 saturated carbocycles. The molecular formula is C17H27NO3. The third-order valence-corrected chi connectivity index (χ3v) is 4.09. The van der Waals surface area contributed by atoms with E-state index >= 15 is 0 Å². The average molecular weight is 293 g/mol. The summed E-state index contributed by atoms with van der Waals surface area (Å²) < 4.78 is 11.0. The number of aryl methyl sites for hydroxylation is 2. The highest BCUT2D eigenvalue weighted by molar-refractivity contribution is 5.45. The van der Waals surface area contributed by atoms with Crippen LogP contribution in [0.4, 0.5) is 0 Å². The van der Waals surface area contributed by atoms with Crippen molar-refractivity contribution in [3.63, 3.8) is 0 Å². The summed E-state index contributed by atoms with van der Waals surface area (Å²) >= 11 is 0. The summed E-state index contributed by atoms with van der Waals surface area (Å²) in [5, 5.41) is 13.5. The Balaban J connectivity index is 1.81. The van der Waals surface area contributed by atoms with Crippen LogP contribution in [0.5, 0.6) is 11.5 Å². The van der Waals surface area contributed by atoms with Gasteiger partial charge < -0.3 is 19.9 Å². The smallest absolute Gasteiger partial charge is 0.125 e. The van der Waals surface area contributed by atoms with Gasteiger partial charge in [-0.15, -0.1) is 0 Å². The van der Waals surface area contributed by atoms with Crippen molar-refractivity contribution in [2.24, 2.45) is 0 Å². The van der Waals surface area contributed by atoms with Gasteiger partial charge >= 0.3 is 0 Å². The molecule has 0 aromatic heterocycles. The van der Waals surface area contributed by atoms with Gasteiger partial charge in [0.2, 0.25) is 0 Å². The zero-order valence-electron chi connectivity index (χ0n) is 13.3. The number of rotatable bonds is 7. The van der Waals surface area contributed by atoms with Crippen molar-refractivity contribution in [1.82, 2.24) is 5.32 Å². The van der Waals surface area contributed by atoms with Crippen LogP contribution in [0, 0.1) is 13.8 Å². The number of hydrogen-bond donors (Lipinski definition) is 2. The van der Waals surface area contributed by atoms with E-state index in [-0.39, 0.29) is 0 Å². The summed E-state index contributed by atoms with van der Waals surface area (Å²) in [6.45, 7) is 4.90. The van der Waals surface area contributed by atoms with Gasteiger partial charge in [0, 0.05) is 12.6 Å². The van der Waals surface area contributed by atoms with Gasteiger partial charge in [-0.25, -0.2) is 0 Å². The Morgan fingerprint density at radius 2 is 1.86 bits per heavy atom. The highest BCUT2D eigenvalue weighted by atomic mass is 16.5. The van der Waals surface area contributed by atoms with Gasteiger partial charge in [0.05, 0.1) is 7.11 Å². The molecule has 1 unspecified atom stereocenters. The molecular weight excluding hydrogens is 266 g/mol. The lowest BCUT2D eigenvalue weighted by molar-refractivity contribution is 0.103. The molecule has 2 N–H and O–H groups in total. The molecule has 1 aromatic carbocycles. The minimum atomic E-state index is -0.480. The molecule has 4 nitrogen and oxygen atoms in total. The van der Waals surface area contributed by atoms with Gasteiger partial charge in [-0.05, 0) is 49.9 Å². The molecule has 118 valence electrons. The summed E-state index contributed by atoms with van der Waals surface area (Å²) in [4.78, 5) is 0. The zero-order valence-corrected chi connectivity index (χ0v) is 13.3. The van der Waals surface area contributed by atoms with E-state index in [1.807, 2.05) is 26.0 Å². The Hall–Kier alpha value is -1.26. The fourth-order valence-electron chi connectivity index (χ4n) is 2.93. The van der Waals surface area contributed by atoms with E-state index in [0.717, 1.165) is 22.6 Å². The SMILES string of the molecule is COc1cc(C)c(OCC(O)CNC2CCCC2)c(C)c1. The molecule has 0 bridgehead atoms. The van der Waals surface area contributed by atoms with E-state index in [0.29, 0.717) is 19.2 Å². The average Bonchev–Trinajstić information content (AvgIpc) is 2.97. The van der Waals surface area contributed by atoms with E-state index in [1.54, 1.807) is 7.11 Å². The Kier molecular flexibility index (Phi) is 5.88. The number of nitrogens with one attached hydrogen (secondary N) is 1. The van der Waals surface area contributed by atoms with Crippen LogP contribution in [0.25, 0.3) is 0 Å². The predicted molar refractivity (Wildman–Crippen MR) is 84.2 cm³/mol. The number of aliphatic hydroxyl groups excluding tert-OH is 1. The van der Waals surface area contributed by atoms with Crippen LogP contribution in [0.1, 0.15) is 36.8 Å². The molecule has 0 aliphatic heterocycles. The molecule has 0 saturated heterocycles. The van der Waals surface area contributed by atoms with Gasteiger partial charge in [-0.3, -0.25) is 0 Å². The second kappa shape index (κ2) is 7.66. The summed E-state index contributed by atoms with van der Waals surface area (Å²) in [6, 6.07) is 4.47. The van der Waals surface area contributed by atoms with Crippen LogP contribution in [-0.4, -0.2) is 37.5 Å². The van der Waals surface area contributed by atoms with Crippen molar-refractivity contribution in [3.05, 3.63) is 23.3 Å². The van der Waals surface area contributed by atoms with Gasteiger partial charge in [-0.2, -0.15) is 0 Å². The molecule has 1 aliphatic rings. The van der Waals surface area contributed by atoms with Crippen molar-refractivity contribution in [2.75, 3.05) is 20.3 Å². The van der Waals surface area contributed by atoms with Gasteiger partial charge in [-0.1, -0.05) is 12.8 Å². The van der Waals surface area contributed by atoms with E-state index in [2.05, 4.69) is 5.32 Å². The third kappa shape index (κ3) is 4.61. The molecule has 0 spiro atoms. The van der Waals surface area contributed by atoms with Crippen LogP contribution in [0.3, 0.4) is 0 Å². The second-order valence-corrected chi connectivity index (χ2v) is 5.94. The van der Waals surface area contributed by atoms with Gasteiger partial charge in [0.25, 0.3) is 0 Å². The quantitative estimate of drug-likeness (QED) is 0.811. The first-order valence-electron chi connectivity index (χ1n) is 7.79. The summed E-state index contributed by atoms with van der Waals surface area (Å²) in [5.74, 6) is 1.68.